The monoisotopic (exact) mass is 301 g/mol. The minimum Gasteiger partial charge on any atom is -0.352 e. The molecule has 3 unspecified atom stereocenters. The Labute approximate surface area is 122 Å². The van der Waals surface area contributed by atoms with Gasteiger partial charge in [0.05, 0.1) is 5.25 Å². The van der Waals surface area contributed by atoms with Crippen LogP contribution in [0.4, 0.5) is 0 Å². The number of amides is 1. The van der Waals surface area contributed by atoms with Gasteiger partial charge in [-0.1, -0.05) is 26.7 Å². The summed E-state index contributed by atoms with van der Waals surface area (Å²) in [5, 5.41) is 2.67. The standard InChI is InChI=1S/C15H27NO3S/c1-11-7-8-14(12(2)9-11)16-15(17)10-20(18,19)13-5-3-4-6-13/h11-14H,3-10H2,1-2H3,(H,16,17). The van der Waals surface area contributed by atoms with Crippen LogP contribution in [0.3, 0.4) is 0 Å². The van der Waals surface area contributed by atoms with Crippen molar-refractivity contribution in [3.05, 3.63) is 0 Å². The molecule has 4 nitrogen and oxygen atoms in total. The van der Waals surface area contributed by atoms with Crippen LogP contribution in [0.1, 0.15) is 58.8 Å². The van der Waals surface area contributed by atoms with Gasteiger partial charge in [0.1, 0.15) is 5.75 Å². The molecule has 0 aromatic heterocycles. The first-order valence-electron chi connectivity index (χ1n) is 7.89. The summed E-state index contributed by atoms with van der Waals surface area (Å²) in [6, 6.07) is 0.150. The van der Waals surface area contributed by atoms with Crippen LogP contribution < -0.4 is 5.32 Å². The summed E-state index contributed by atoms with van der Waals surface area (Å²) in [5.74, 6) is 0.525. The van der Waals surface area contributed by atoms with Crippen molar-refractivity contribution in [2.24, 2.45) is 11.8 Å². The summed E-state index contributed by atoms with van der Waals surface area (Å²) in [6.07, 6.45) is 6.61. The van der Waals surface area contributed by atoms with Gasteiger partial charge in [-0.2, -0.15) is 0 Å². The number of nitrogens with one attached hydrogen (secondary N) is 1. The zero-order chi connectivity index (χ0) is 14.8. The number of rotatable bonds is 4. The fourth-order valence-corrected chi connectivity index (χ4v) is 5.41. The molecule has 0 aliphatic heterocycles. The lowest BCUT2D eigenvalue weighted by Gasteiger charge is -2.33. The van der Waals surface area contributed by atoms with Gasteiger partial charge in [0, 0.05) is 6.04 Å². The molecule has 0 saturated heterocycles. The van der Waals surface area contributed by atoms with E-state index in [1.54, 1.807) is 0 Å². The quantitative estimate of drug-likeness (QED) is 0.866. The van der Waals surface area contributed by atoms with Crippen molar-refractivity contribution in [2.75, 3.05) is 5.75 Å². The van der Waals surface area contributed by atoms with Crippen molar-refractivity contribution in [3.8, 4) is 0 Å². The van der Waals surface area contributed by atoms with Crippen molar-refractivity contribution in [1.29, 1.82) is 0 Å². The summed E-state index contributed by atoms with van der Waals surface area (Å²) in [4.78, 5) is 12.0. The molecule has 0 aromatic rings. The Morgan fingerprint density at radius 1 is 1.10 bits per heavy atom. The Balaban J connectivity index is 1.86. The molecular weight excluding hydrogens is 274 g/mol. The summed E-state index contributed by atoms with van der Waals surface area (Å²) >= 11 is 0. The van der Waals surface area contributed by atoms with Gasteiger partial charge in [0.2, 0.25) is 5.91 Å². The summed E-state index contributed by atoms with van der Waals surface area (Å²) < 4.78 is 24.3. The zero-order valence-electron chi connectivity index (χ0n) is 12.6. The van der Waals surface area contributed by atoms with E-state index >= 15 is 0 Å². The molecule has 116 valence electrons. The van der Waals surface area contributed by atoms with Gasteiger partial charge in [-0.3, -0.25) is 4.79 Å². The second-order valence-corrected chi connectivity index (χ2v) is 9.06. The molecule has 2 aliphatic rings. The normalized spacial score (nSPS) is 32.2. The molecule has 5 heteroatoms. The molecule has 3 atom stereocenters. The number of hydrogen-bond donors (Lipinski definition) is 1. The second-order valence-electron chi connectivity index (χ2n) is 6.78. The summed E-state index contributed by atoms with van der Waals surface area (Å²) in [7, 11) is -3.25. The van der Waals surface area contributed by atoms with Crippen LogP contribution in [0.2, 0.25) is 0 Å². The molecule has 0 bridgehead atoms. The Kier molecular flexibility index (Phi) is 5.10. The molecule has 2 rings (SSSR count). The molecule has 0 aromatic carbocycles. The first-order chi connectivity index (χ1) is 9.38. The van der Waals surface area contributed by atoms with E-state index in [-0.39, 0.29) is 23.0 Å². The molecule has 1 amide bonds. The third kappa shape index (κ3) is 3.96. The Morgan fingerprint density at radius 3 is 2.35 bits per heavy atom. The topological polar surface area (TPSA) is 63.2 Å². The molecule has 2 aliphatic carbocycles. The highest BCUT2D eigenvalue weighted by Gasteiger charge is 2.32. The van der Waals surface area contributed by atoms with Crippen molar-refractivity contribution < 1.29 is 13.2 Å². The first-order valence-corrected chi connectivity index (χ1v) is 9.61. The van der Waals surface area contributed by atoms with Crippen LogP contribution >= 0.6 is 0 Å². The third-order valence-corrected chi connectivity index (χ3v) is 7.07. The van der Waals surface area contributed by atoms with Crippen molar-refractivity contribution >= 4 is 15.7 Å². The van der Waals surface area contributed by atoms with Gasteiger partial charge in [0.15, 0.2) is 9.84 Å². The second kappa shape index (κ2) is 6.46. The first kappa shape index (κ1) is 15.8. The molecule has 2 saturated carbocycles. The van der Waals surface area contributed by atoms with E-state index in [0.29, 0.717) is 11.8 Å². The van der Waals surface area contributed by atoms with Gasteiger partial charge < -0.3 is 5.32 Å². The van der Waals surface area contributed by atoms with Crippen LogP contribution in [-0.4, -0.2) is 31.4 Å². The number of sulfone groups is 1. The molecule has 1 N–H and O–H groups in total. The molecular formula is C15H27NO3S. The van der Waals surface area contributed by atoms with Crippen molar-refractivity contribution in [2.45, 2.75) is 70.1 Å². The van der Waals surface area contributed by atoms with Gasteiger partial charge >= 0.3 is 0 Å². The lowest BCUT2D eigenvalue weighted by Crippen LogP contribution is -2.45. The minimum atomic E-state index is -3.25. The van der Waals surface area contributed by atoms with E-state index in [4.69, 9.17) is 0 Å². The molecule has 0 spiro atoms. The maximum Gasteiger partial charge on any atom is 0.235 e. The average Bonchev–Trinajstić information content (AvgIpc) is 2.86. The van der Waals surface area contributed by atoms with Crippen molar-refractivity contribution in [1.82, 2.24) is 5.32 Å². The Morgan fingerprint density at radius 2 is 1.75 bits per heavy atom. The fourth-order valence-electron chi connectivity index (χ4n) is 3.68. The molecule has 2 fully saturated rings. The van der Waals surface area contributed by atoms with Crippen LogP contribution in [0.25, 0.3) is 0 Å². The van der Waals surface area contributed by atoms with Crippen molar-refractivity contribution in [3.63, 3.8) is 0 Å². The van der Waals surface area contributed by atoms with E-state index in [1.807, 2.05) is 0 Å². The van der Waals surface area contributed by atoms with E-state index in [2.05, 4.69) is 19.2 Å². The van der Waals surface area contributed by atoms with Crippen LogP contribution in [-0.2, 0) is 14.6 Å². The minimum absolute atomic E-state index is 0.150. The van der Waals surface area contributed by atoms with Crippen LogP contribution in [0.5, 0.6) is 0 Å². The van der Waals surface area contributed by atoms with E-state index in [0.717, 1.165) is 44.9 Å². The van der Waals surface area contributed by atoms with E-state index < -0.39 is 9.84 Å². The van der Waals surface area contributed by atoms with Gasteiger partial charge in [-0.25, -0.2) is 8.42 Å². The van der Waals surface area contributed by atoms with Gasteiger partial charge in [-0.15, -0.1) is 0 Å². The fraction of sp³-hybridized carbons (Fsp3) is 0.933. The van der Waals surface area contributed by atoms with E-state index in [9.17, 15) is 13.2 Å². The largest absolute Gasteiger partial charge is 0.352 e. The van der Waals surface area contributed by atoms with Crippen LogP contribution in [0.15, 0.2) is 0 Å². The Bertz CT molecular complexity index is 440. The lowest BCUT2D eigenvalue weighted by molar-refractivity contribution is -0.120. The smallest absolute Gasteiger partial charge is 0.235 e. The molecule has 20 heavy (non-hydrogen) atoms. The average molecular weight is 301 g/mol. The highest BCUT2D eigenvalue weighted by atomic mass is 32.2. The predicted molar refractivity (Wildman–Crippen MR) is 80.2 cm³/mol. The SMILES string of the molecule is CC1CCC(NC(=O)CS(=O)(=O)C2CCCC2)C(C)C1. The molecule has 0 heterocycles. The zero-order valence-corrected chi connectivity index (χ0v) is 13.4. The highest BCUT2D eigenvalue weighted by Crippen LogP contribution is 2.29. The number of hydrogen-bond acceptors (Lipinski definition) is 3. The molecule has 0 radical (unpaired) electrons. The number of carbonyl (C=O) groups is 1. The Hall–Kier alpha value is -0.580. The van der Waals surface area contributed by atoms with E-state index in [1.165, 1.54) is 0 Å². The predicted octanol–water partition coefficient (Wildman–Crippen LogP) is 2.28. The van der Waals surface area contributed by atoms with Crippen LogP contribution in [0, 0.1) is 11.8 Å². The van der Waals surface area contributed by atoms with Gasteiger partial charge in [0.25, 0.3) is 0 Å². The maximum absolute atomic E-state index is 12.2. The number of carbonyl (C=O) groups excluding carboxylic acids is 1. The third-order valence-electron chi connectivity index (χ3n) is 4.92. The highest BCUT2D eigenvalue weighted by molar-refractivity contribution is 7.92. The maximum atomic E-state index is 12.2. The lowest BCUT2D eigenvalue weighted by atomic mass is 9.80. The van der Waals surface area contributed by atoms with Gasteiger partial charge in [-0.05, 0) is 43.9 Å². The summed E-state index contributed by atoms with van der Waals surface area (Å²) in [6.45, 7) is 4.38. The summed E-state index contributed by atoms with van der Waals surface area (Å²) in [5.41, 5.74) is 0.